The van der Waals surface area contributed by atoms with E-state index in [1.165, 1.54) is 17.5 Å². The number of hydrogen-bond acceptors (Lipinski definition) is 2. The third kappa shape index (κ3) is 3.74. The first-order chi connectivity index (χ1) is 10.2. The van der Waals surface area contributed by atoms with E-state index in [-0.39, 0.29) is 8.22 Å². The standard InChI is InChI=1S/C18H29N2P/c1-5-19(6-2)21(20(7-3)8-4)18-14-13-16-11-9-10-12-17(16)15-18/h9-14,18H,5-8,15H2,1-4H3. The van der Waals surface area contributed by atoms with Crippen molar-refractivity contribution in [2.45, 2.75) is 39.8 Å². The molecular formula is C18H29N2P. The molecule has 2 rings (SSSR count). The van der Waals surface area contributed by atoms with Gasteiger partial charge in [-0.3, -0.25) is 9.34 Å². The Balaban J connectivity index is 2.26. The van der Waals surface area contributed by atoms with Crippen molar-refractivity contribution in [1.29, 1.82) is 0 Å². The quantitative estimate of drug-likeness (QED) is 0.678. The van der Waals surface area contributed by atoms with Gasteiger partial charge in [0, 0.05) is 40.1 Å². The Kier molecular flexibility index (Phi) is 6.41. The molecule has 1 aliphatic carbocycles. The van der Waals surface area contributed by atoms with E-state index < -0.39 is 0 Å². The molecule has 0 heterocycles. The van der Waals surface area contributed by atoms with Crippen LogP contribution in [0.5, 0.6) is 0 Å². The van der Waals surface area contributed by atoms with E-state index in [1.807, 2.05) is 0 Å². The Labute approximate surface area is 131 Å². The van der Waals surface area contributed by atoms with Crippen LogP contribution in [0.1, 0.15) is 38.8 Å². The number of benzene rings is 1. The lowest BCUT2D eigenvalue weighted by molar-refractivity contribution is 0.417. The second-order valence-corrected chi connectivity index (χ2v) is 7.86. The highest BCUT2D eigenvalue weighted by molar-refractivity contribution is 7.53. The van der Waals surface area contributed by atoms with Crippen LogP contribution in [0, 0.1) is 0 Å². The van der Waals surface area contributed by atoms with Crippen molar-refractivity contribution in [3.05, 3.63) is 41.5 Å². The highest BCUT2D eigenvalue weighted by Crippen LogP contribution is 2.51. The molecule has 1 aromatic carbocycles. The van der Waals surface area contributed by atoms with Crippen LogP contribution in [-0.4, -0.2) is 41.2 Å². The molecule has 0 aromatic heterocycles. The number of rotatable bonds is 7. The summed E-state index contributed by atoms with van der Waals surface area (Å²) in [7, 11) is -0.251. The van der Waals surface area contributed by atoms with Gasteiger partial charge in [0.05, 0.1) is 0 Å². The smallest absolute Gasteiger partial charge is 0.0470 e. The minimum Gasteiger partial charge on any atom is -0.270 e. The average molecular weight is 304 g/mol. The van der Waals surface area contributed by atoms with E-state index in [4.69, 9.17) is 0 Å². The lowest BCUT2D eigenvalue weighted by Crippen LogP contribution is -2.34. The van der Waals surface area contributed by atoms with E-state index in [0.29, 0.717) is 5.66 Å². The Bertz CT molecular complexity index is 452. The molecule has 2 nitrogen and oxygen atoms in total. The topological polar surface area (TPSA) is 6.48 Å². The number of nitrogens with zero attached hydrogens (tertiary/aromatic N) is 2. The molecule has 0 radical (unpaired) electrons. The van der Waals surface area contributed by atoms with Gasteiger partial charge < -0.3 is 0 Å². The molecule has 0 saturated heterocycles. The third-order valence-corrected chi connectivity index (χ3v) is 7.56. The van der Waals surface area contributed by atoms with Gasteiger partial charge in [-0.05, 0) is 17.5 Å². The fraction of sp³-hybridized carbons (Fsp3) is 0.556. The molecule has 1 atom stereocenters. The fourth-order valence-corrected chi connectivity index (χ4v) is 6.13. The van der Waals surface area contributed by atoms with Gasteiger partial charge in [-0.15, -0.1) is 0 Å². The van der Waals surface area contributed by atoms with E-state index in [9.17, 15) is 0 Å². The SMILES string of the molecule is CCN(CC)P(C1C=Cc2ccccc2C1)N(CC)CC. The van der Waals surface area contributed by atoms with E-state index in [0.717, 1.165) is 26.2 Å². The van der Waals surface area contributed by atoms with Gasteiger partial charge >= 0.3 is 0 Å². The summed E-state index contributed by atoms with van der Waals surface area (Å²) in [5, 5.41) is 0. The minimum atomic E-state index is -0.251. The zero-order valence-electron chi connectivity index (χ0n) is 13.9. The third-order valence-electron chi connectivity index (χ3n) is 4.32. The monoisotopic (exact) mass is 304 g/mol. The van der Waals surface area contributed by atoms with Gasteiger partial charge in [0.1, 0.15) is 0 Å². The van der Waals surface area contributed by atoms with Crippen molar-refractivity contribution in [3.63, 3.8) is 0 Å². The highest BCUT2D eigenvalue weighted by atomic mass is 31.1. The molecule has 1 aromatic rings. The molecular weight excluding hydrogens is 275 g/mol. The van der Waals surface area contributed by atoms with E-state index >= 15 is 0 Å². The molecule has 0 spiro atoms. The molecule has 0 saturated carbocycles. The summed E-state index contributed by atoms with van der Waals surface area (Å²) in [6.45, 7) is 13.8. The van der Waals surface area contributed by atoms with Gasteiger partial charge in [-0.25, -0.2) is 0 Å². The summed E-state index contributed by atoms with van der Waals surface area (Å²) >= 11 is 0. The van der Waals surface area contributed by atoms with Crippen molar-refractivity contribution in [2.24, 2.45) is 0 Å². The summed E-state index contributed by atoms with van der Waals surface area (Å²) < 4.78 is 5.34. The molecule has 3 heteroatoms. The second-order valence-electron chi connectivity index (χ2n) is 5.43. The van der Waals surface area contributed by atoms with Gasteiger partial charge in [0.15, 0.2) is 0 Å². The predicted molar refractivity (Wildman–Crippen MR) is 95.7 cm³/mol. The van der Waals surface area contributed by atoms with Crippen molar-refractivity contribution in [3.8, 4) is 0 Å². The molecule has 0 amide bonds. The average Bonchev–Trinajstić information content (AvgIpc) is 2.55. The van der Waals surface area contributed by atoms with Crippen molar-refractivity contribution in [2.75, 3.05) is 26.2 Å². The first-order valence-corrected chi connectivity index (χ1v) is 9.61. The van der Waals surface area contributed by atoms with Crippen molar-refractivity contribution < 1.29 is 0 Å². The summed E-state index contributed by atoms with van der Waals surface area (Å²) in [6.07, 6.45) is 5.99. The zero-order valence-corrected chi connectivity index (χ0v) is 14.8. The summed E-state index contributed by atoms with van der Waals surface area (Å²) in [5.74, 6) is 0. The molecule has 21 heavy (non-hydrogen) atoms. The molecule has 0 fully saturated rings. The van der Waals surface area contributed by atoms with Crippen LogP contribution in [0.25, 0.3) is 6.08 Å². The van der Waals surface area contributed by atoms with E-state index in [1.54, 1.807) is 0 Å². The van der Waals surface area contributed by atoms with Gasteiger partial charge in [-0.1, -0.05) is 64.1 Å². The maximum Gasteiger partial charge on any atom is 0.0470 e. The van der Waals surface area contributed by atoms with Crippen LogP contribution >= 0.6 is 8.22 Å². The van der Waals surface area contributed by atoms with Crippen LogP contribution in [0.15, 0.2) is 30.3 Å². The number of allylic oxidation sites excluding steroid dienone is 1. The Morgan fingerprint density at radius 3 is 2.10 bits per heavy atom. The molecule has 116 valence electrons. The molecule has 0 aliphatic heterocycles. The van der Waals surface area contributed by atoms with Crippen molar-refractivity contribution in [1.82, 2.24) is 9.34 Å². The number of hydrogen-bond donors (Lipinski definition) is 0. The first kappa shape index (κ1) is 16.7. The second kappa shape index (κ2) is 8.08. The zero-order chi connectivity index (χ0) is 15.2. The molecule has 0 N–H and O–H groups in total. The fourth-order valence-electron chi connectivity index (χ4n) is 3.17. The maximum atomic E-state index is 2.67. The van der Waals surface area contributed by atoms with Crippen molar-refractivity contribution >= 4 is 14.3 Å². The molecule has 1 unspecified atom stereocenters. The van der Waals surface area contributed by atoms with Crippen LogP contribution in [-0.2, 0) is 6.42 Å². The first-order valence-electron chi connectivity index (χ1n) is 8.30. The van der Waals surface area contributed by atoms with Crippen LogP contribution in [0.2, 0.25) is 0 Å². The van der Waals surface area contributed by atoms with E-state index in [2.05, 4.69) is 73.5 Å². The summed E-state index contributed by atoms with van der Waals surface area (Å²) in [4.78, 5) is 0. The summed E-state index contributed by atoms with van der Waals surface area (Å²) in [5.41, 5.74) is 3.56. The van der Waals surface area contributed by atoms with Gasteiger partial charge in [-0.2, -0.15) is 0 Å². The lowest BCUT2D eigenvalue weighted by Gasteiger charge is -2.42. The van der Waals surface area contributed by atoms with Crippen LogP contribution in [0.4, 0.5) is 0 Å². The Morgan fingerprint density at radius 1 is 0.952 bits per heavy atom. The van der Waals surface area contributed by atoms with Gasteiger partial charge in [0.25, 0.3) is 0 Å². The Hall–Kier alpha value is -0.690. The largest absolute Gasteiger partial charge is 0.270 e. The van der Waals surface area contributed by atoms with Crippen LogP contribution in [0.3, 0.4) is 0 Å². The maximum absolute atomic E-state index is 2.67. The number of fused-ring (bicyclic) bond motifs is 1. The molecule has 0 bridgehead atoms. The predicted octanol–water partition coefficient (Wildman–Crippen LogP) is 4.62. The van der Waals surface area contributed by atoms with Crippen LogP contribution < -0.4 is 0 Å². The molecule has 1 aliphatic rings. The lowest BCUT2D eigenvalue weighted by atomic mass is 9.97. The summed E-state index contributed by atoms with van der Waals surface area (Å²) in [6, 6.07) is 8.84. The highest BCUT2D eigenvalue weighted by Gasteiger charge is 2.30. The minimum absolute atomic E-state index is 0.251. The normalized spacial score (nSPS) is 17.8. The Morgan fingerprint density at radius 2 is 1.52 bits per heavy atom. The van der Waals surface area contributed by atoms with Gasteiger partial charge in [0.2, 0.25) is 0 Å².